The maximum Gasteiger partial charge on any atom is 0.391 e. The molecule has 11 rings (SSSR count). The molecule has 0 saturated heterocycles. The standard InChI is InChI=1S/C84H74Cl4F6N8O14/c1-9-99(10-2)81(111)59(41-83(89,90)91)101-77(107)55-37-61(113-51-21-13-47(14-22-51)29-33-95-73(103)43(5)85)67-69-63(115-53-25-17-49(18-26-53)31-35-97-75(105)45(7)87)39-57-66-58(80(110)102(79(57)109)60(42-84(92,93)94)82(112)100(11-3)12-4)40-64(116-54-27-19-50(20-28-54)32-36-98-76(106)46(8)88)70(72(66)69)68-62(38-56(78(101)108)65(55)71(67)68)114-52-23-15-48(16-24-52)30-34-96-74(104)44(6)86/h13-28,37-40,59-60H,5-12,29-36,41-42H2,1-4H3,(H,95,103)(H,96,104)(H,97,105)(H,98,106). The number of carbonyl (C=O) groups is 10. The number of rotatable bonds is 34. The number of likely N-dealkylation sites (N-methyl/N-ethyl adjacent to an activating group) is 2. The lowest BCUT2D eigenvalue weighted by Gasteiger charge is -2.37. The van der Waals surface area contributed by atoms with E-state index in [1.807, 2.05) is 0 Å². The molecule has 2 aliphatic heterocycles. The van der Waals surface area contributed by atoms with Gasteiger partial charge >= 0.3 is 12.4 Å². The highest BCUT2D eigenvalue weighted by Gasteiger charge is 2.51. The van der Waals surface area contributed by atoms with Gasteiger partial charge in [0.15, 0.2) is 0 Å². The van der Waals surface area contributed by atoms with Gasteiger partial charge in [-0.2, -0.15) is 26.3 Å². The van der Waals surface area contributed by atoms with E-state index in [9.17, 15) is 28.8 Å². The molecule has 116 heavy (non-hydrogen) atoms. The molecule has 10 amide bonds. The molecule has 4 N–H and O–H groups in total. The van der Waals surface area contributed by atoms with Gasteiger partial charge in [0.05, 0.1) is 55.2 Å². The Balaban J connectivity index is 1.31. The van der Waals surface area contributed by atoms with Crippen LogP contribution in [0.4, 0.5) is 26.3 Å². The topological polar surface area (TPSA) is 269 Å². The lowest BCUT2D eigenvalue weighted by atomic mass is 9.80. The van der Waals surface area contributed by atoms with E-state index in [1.165, 1.54) is 76.2 Å². The van der Waals surface area contributed by atoms with Crippen molar-refractivity contribution < 1.29 is 93.2 Å². The zero-order valence-corrected chi connectivity index (χ0v) is 65.7. The van der Waals surface area contributed by atoms with Crippen molar-refractivity contribution in [3.63, 3.8) is 0 Å². The summed E-state index contributed by atoms with van der Waals surface area (Å²) in [7, 11) is 0. The Kier molecular flexibility index (Phi) is 26.1. The third kappa shape index (κ3) is 18.5. The average molecular weight is 1680 g/mol. The third-order valence-corrected chi connectivity index (χ3v) is 20.2. The van der Waals surface area contributed by atoms with Crippen LogP contribution in [0.25, 0.3) is 43.1 Å². The summed E-state index contributed by atoms with van der Waals surface area (Å²) in [5.74, 6) is -12.3. The number of benzene rings is 9. The zero-order chi connectivity index (χ0) is 84.1. The third-order valence-electron chi connectivity index (χ3n) is 19.5. The normalized spacial score (nSPS) is 13.2. The Morgan fingerprint density at radius 2 is 0.569 bits per heavy atom. The van der Waals surface area contributed by atoms with Crippen LogP contribution in [0.2, 0.25) is 0 Å². The summed E-state index contributed by atoms with van der Waals surface area (Å²) >= 11 is 23.4. The number of fused-ring (bicyclic) bond motifs is 2. The number of nitrogens with zero attached hydrogens (tertiary/aromatic N) is 4. The van der Waals surface area contributed by atoms with E-state index in [2.05, 4.69) is 47.6 Å². The molecule has 0 radical (unpaired) electrons. The van der Waals surface area contributed by atoms with Crippen molar-refractivity contribution in [2.45, 2.75) is 90.7 Å². The number of ether oxygens (including phenoxy) is 4. The maximum atomic E-state index is 16.2. The molecule has 0 saturated carbocycles. The second kappa shape index (κ2) is 35.6. The monoisotopic (exact) mass is 1670 g/mol. The van der Waals surface area contributed by atoms with Crippen LogP contribution in [0.1, 0.15) is 104 Å². The number of halogens is 10. The van der Waals surface area contributed by atoms with Crippen LogP contribution >= 0.6 is 46.4 Å². The van der Waals surface area contributed by atoms with Gasteiger partial charge in [0.1, 0.15) is 58.1 Å². The first-order valence-electron chi connectivity index (χ1n) is 36.5. The van der Waals surface area contributed by atoms with Crippen molar-refractivity contribution in [3.8, 4) is 46.0 Å². The van der Waals surface area contributed by atoms with Crippen molar-refractivity contribution in [3.05, 3.63) is 212 Å². The van der Waals surface area contributed by atoms with Crippen LogP contribution in [-0.2, 0) is 54.5 Å². The minimum Gasteiger partial charge on any atom is -0.457 e. The molecule has 2 heterocycles. The summed E-state index contributed by atoms with van der Waals surface area (Å²) in [6.07, 6.45) is -13.6. The van der Waals surface area contributed by atoms with E-state index in [0.717, 1.165) is 34.1 Å². The molecule has 32 heteroatoms. The molecular weight excluding hydrogens is 1600 g/mol. The second-order valence-corrected chi connectivity index (χ2v) is 28.8. The Morgan fingerprint density at radius 1 is 0.362 bits per heavy atom. The summed E-state index contributed by atoms with van der Waals surface area (Å²) < 4.78 is 120. The minimum absolute atomic E-state index is 0.0222. The molecule has 0 aromatic heterocycles. The number of alkyl halides is 6. The number of imide groups is 2. The van der Waals surface area contributed by atoms with Gasteiger partial charge in [0, 0.05) is 95.4 Å². The number of nitrogens with one attached hydrogen (secondary N) is 4. The lowest BCUT2D eigenvalue weighted by molar-refractivity contribution is -0.158. The van der Waals surface area contributed by atoms with Gasteiger partial charge in [-0.1, -0.05) is 121 Å². The Morgan fingerprint density at radius 3 is 0.750 bits per heavy atom. The van der Waals surface area contributed by atoms with E-state index in [1.54, 1.807) is 48.5 Å². The van der Waals surface area contributed by atoms with Crippen molar-refractivity contribution >= 4 is 149 Å². The summed E-state index contributed by atoms with van der Waals surface area (Å²) in [6.45, 7) is 19.4. The van der Waals surface area contributed by atoms with Crippen LogP contribution < -0.4 is 40.2 Å². The number of carbonyl (C=O) groups excluding carboxylic acids is 10. The predicted molar refractivity (Wildman–Crippen MR) is 426 cm³/mol. The molecule has 0 spiro atoms. The van der Waals surface area contributed by atoms with Gasteiger partial charge in [-0.05, 0) is 148 Å². The first-order chi connectivity index (χ1) is 55.0. The van der Waals surface area contributed by atoms with Crippen LogP contribution in [0, 0.1) is 0 Å². The van der Waals surface area contributed by atoms with E-state index < -0.39 is 119 Å². The average Bonchev–Trinajstić information content (AvgIpc) is 0.670. The van der Waals surface area contributed by atoms with Crippen LogP contribution in [-0.4, -0.2) is 155 Å². The lowest BCUT2D eigenvalue weighted by Crippen LogP contribution is -2.56. The summed E-state index contributed by atoms with van der Waals surface area (Å²) in [5, 5.41) is 7.88. The van der Waals surface area contributed by atoms with Gasteiger partial charge in [0.25, 0.3) is 47.3 Å². The van der Waals surface area contributed by atoms with Gasteiger partial charge in [0.2, 0.25) is 11.8 Å². The maximum absolute atomic E-state index is 16.2. The van der Waals surface area contributed by atoms with Gasteiger partial charge in [-0.3, -0.25) is 57.7 Å². The SMILES string of the molecule is C=C(Cl)C(=O)NCCc1ccc(Oc2cc3c4c(cc(Oc5ccc(CCNC(=O)C(=C)Cl)cc5)c5c6c(Oc7ccc(CCNC(=O)C(=C)Cl)cc7)cc7c8c(cc(Oc9ccc(CCNC(=O)C(=C)Cl)cc9)c(c2c45)c86)C(=O)N(C(CC(F)(F)F)C(=O)N(CC)CC)C7=O)C(=O)N(C(CC(F)(F)F)C(=O)N(CC)CC)C3=O)cc1. The van der Waals surface area contributed by atoms with E-state index in [4.69, 9.17) is 65.4 Å². The molecule has 2 atom stereocenters. The number of amides is 10. The van der Waals surface area contributed by atoms with Crippen LogP contribution in [0.15, 0.2) is 168 Å². The van der Waals surface area contributed by atoms with Gasteiger partial charge in [-0.25, -0.2) is 0 Å². The highest BCUT2D eigenvalue weighted by atomic mass is 35.5. The Labute approximate surface area is 680 Å². The van der Waals surface area contributed by atoms with Crippen molar-refractivity contribution in [1.82, 2.24) is 40.9 Å². The highest BCUT2D eigenvalue weighted by molar-refractivity contribution is 6.46. The number of hydrogen-bond acceptors (Lipinski definition) is 14. The molecule has 0 bridgehead atoms. The summed E-state index contributed by atoms with van der Waals surface area (Å²) in [5.41, 5.74) is 0.344. The molecular formula is C84H74Cl4F6N8O14. The fourth-order valence-corrected chi connectivity index (χ4v) is 14.3. The highest BCUT2D eigenvalue weighted by Crippen LogP contribution is 2.58. The molecule has 9 aromatic carbocycles. The van der Waals surface area contributed by atoms with Gasteiger partial charge < -0.3 is 50.0 Å². The van der Waals surface area contributed by atoms with Crippen LogP contribution in [0.3, 0.4) is 0 Å². The number of hydrogen-bond donors (Lipinski definition) is 4. The molecule has 22 nitrogen and oxygen atoms in total. The Bertz CT molecular complexity index is 4890. The largest absolute Gasteiger partial charge is 0.457 e. The molecule has 2 aliphatic rings. The first-order valence-corrected chi connectivity index (χ1v) is 38.0. The fourth-order valence-electron chi connectivity index (χ4n) is 14.0. The Hall–Kier alpha value is -11.7. The molecule has 0 fully saturated rings. The smallest absolute Gasteiger partial charge is 0.391 e. The fraction of sp³-hybridized carbons (Fsp3) is 0.262. The molecule has 604 valence electrons. The van der Waals surface area contributed by atoms with Crippen LogP contribution in [0.5, 0.6) is 46.0 Å². The quantitative estimate of drug-likeness (QED) is 0.00961. The zero-order valence-electron chi connectivity index (χ0n) is 62.7. The molecule has 9 aromatic rings. The second-order valence-electron chi connectivity index (χ2n) is 27.0. The van der Waals surface area contributed by atoms with E-state index in [-0.39, 0.29) is 197 Å². The first kappa shape index (κ1) is 85.2. The van der Waals surface area contributed by atoms with Crippen molar-refractivity contribution in [1.29, 1.82) is 0 Å². The minimum atomic E-state index is -5.21. The van der Waals surface area contributed by atoms with Crippen molar-refractivity contribution in [2.75, 3.05) is 52.4 Å². The summed E-state index contributed by atoms with van der Waals surface area (Å²) in [4.78, 5) is 146. The van der Waals surface area contributed by atoms with E-state index >= 15 is 45.5 Å². The summed E-state index contributed by atoms with van der Waals surface area (Å²) in [6, 6.07) is 24.3. The van der Waals surface area contributed by atoms with Gasteiger partial charge in [-0.15, -0.1) is 0 Å². The predicted octanol–water partition coefficient (Wildman–Crippen LogP) is 16.1. The van der Waals surface area contributed by atoms with E-state index in [0.29, 0.717) is 22.3 Å². The molecule has 0 aliphatic carbocycles. The van der Waals surface area contributed by atoms with Crippen molar-refractivity contribution in [2.24, 2.45) is 0 Å². The molecule has 2 unspecified atom stereocenters.